The Hall–Kier alpha value is -1.88. The molecule has 1 aliphatic rings. The number of anilines is 1. The van der Waals surface area contributed by atoms with Crippen LogP contribution in [0.5, 0.6) is 0 Å². The van der Waals surface area contributed by atoms with E-state index in [0.29, 0.717) is 6.54 Å². The molecule has 0 aliphatic heterocycles. The Balaban J connectivity index is 1.87. The average molecular weight is 262 g/mol. The summed E-state index contributed by atoms with van der Waals surface area (Å²) in [4.78, 5) is 22.9. The minimum Gasteiger partial charge on any atom is -0.375 e. The van der Waals surface area contributed by atoms with Crippen LogP contribution < -0.4 is 10.6 Å². The van der Waals surface area contributed by atoms with Gasteiger partial charge in [-0.1, -0.05) is 12.1 Å². The predicted molar refractivity (Wildman–Crippen MR) is 71.5 cm³/mol. The molecule has 1 aromatic rings. The summed E-state index contributed by atoms with van der Waals surface area (Å²) in [6.45, 7) is 0.480. The van der Waals surface area contributed by atoms with Crippen LogP contribution in [0.25, 0.3) is 0 Å². The van der Waals surface area contributed by atoms with Crippen molar-refractivity contribution in [2.24, 2.45) is 5.92 Å². The highest BCUT2D eigenvalue weighted by atomic mass is 16.5. The first kappa shape index (κ1) is 13.5. The summed E-state index contributed by atoms with van der Waals surface area (Å²) in [6.07, 6.45) is 1.97. The summed E-state index contributed by atoms with van der Waals surface area (Å²) in [5.41, 5.74) is 1.72. The van der Waals surface area contributed by atoms with Gasteiger partial charge in [0, 0.05) is 25.3 Å². The summed E-state index contributed by atoms with van der Waals surface area (Å²) < 4.78 is 4.73. The molecule has 1 aliphatic carbocycles. The molecule has 1 aromatic carbocycles. The van der Waals surface area contributed by atoms with Gasteiger partial charge >= 0.3 is 0 Å². The lowest BCUT2D eigenvalue weighted by molar-refractivity contribution is -0.124. The normalized spacial score (nSPS) is 13.9. The van der Waals surface area contributed by atoms with Gasteiger partial charge in [0.05, 0.1) is 0 Å². The number of hydrogen-bond acceptors (Lipinski definition) is 3. The van der Waals surface area contributed by atoms with Crippen molar-refractivity contribution in [3.63, 3.8) is 0 Å². The second-order valence-corrected chi connectivity index (χ2v) is 4.67. The molecule has 0 heterocycles. The van der Waals surface area contributed by atoms with E-state index in [1.165, 1.54) is 7.11 Å². The standard InChI is InChI=1S/C14H18N2O3/c1-19-9-13(17)15-8-10-3-2-4-12(7-10)16-14(18)11-5-6-11/h2-4,7,11H,5-6,8-9H2,1H3,(H,15,17)(H,16,18). The van der Waals surface area contributed by atoms with E-state index in [-0.39, 0.29) is 24.3 Å². The maximum Gasteiger partial charge on any atom is 0.246 e. The van der Waals surface area contributed by atoms with E-state index in [0.717, 1.165) is 24.1 Å². The van der Waals surface area contributed by atoms with Gasteiger partial charge in [-0.3, -0.25) is 9.59 Å². The first-order valence-electron chi connectivity index (χ1n) is 6.34. The smallest absolute Gasteiger partial charge is 0.246 e. The molecule has 0 bridgehead atoms. The van der Waals surface area contributed by atoms with Crippen LogP contribution in [0.2, 0.25) is 0 Å². The molecule has 0 atom stereocenters. The van der Waals surface area contributed by atoms with Gasteiger partial charge in [-0.05, 0) is 30.5 Å². The summed E-state index contributed by atoms with van der Waals surface area (Å²) in [5, 5.41) is 5.62. The van der Waals surface area contributed by atoms with E-state index in [9.17, 15) is 9.59 Å². The Morgan fingerprint density at radius 3 is 2.84 bits per heavy atom. The van der Waals surface area contributed by atoms with E-state index in [1.807, 2.05) is 24.3 Å². The molecule has 0 aromatic heterocycles. The fraction of sp³-hybridized carbons (Fsp3) is 0.429. The van der Waals surface area contributed by atoms with Gasteiger partial charge in [0.2, 0.25) is 11.8 Å². The Labute approximate surface area is 112 Å². The van der Waals surface area contributed by atoms with E-state index >= 15 is 0 Å². The SMILES string of the molecule is COCC(=O)NCc1cccc(NC(=O)C2CC2)c1. The molecule has 1 saturated carbocycles. The maximum atomic E-state index is 11.6. The largest absolute Gasteiger partial charge is 0.375 e. The van der Waals surface area contributed by atoms with Gasteiger partial charge in [-0.15, -0.1) is 0 Å². The third-order valence-corrected chi connectivity index (χ3v) is 2.91. The topological polar surface area (TPSA) is 67.4 Å². The lowest BCUT2D eigenvalue weighted by atomic mass is 10.2. The molecule has 1 fully saturated rings. The van der Waals surface area contributed by atoms with Gasteiger partial charge in [0.1, 0.15) is 6.61 Å². The molecule has 5 nitrogen and oxygen atoms in total. The van der Waals surface area contributed by atoms with Crippen LogP contribution in [0.15, 0.2) is 24.3 Å². The number of rotatable bonds is 6. The Kier molecular flexibility index (Phi) is 4.52. The zero-order chi connectivity index (χ0) is 13.7. The van der Waals surface area contributed by atoms with Crippen LogP contribution in [0.1, 0.15) is 18.4 Å². The van der Waals surface area contributed by atoms with Gasteiger partial charge in [-0.2, -0.15) is 0 Å². The third kappa shape index (κ3) is 4.37. The predicted octanol–water partition coefficient (Wildman–Crippen LogP) is 1.30. The Bertz CT molecular complexity index is 470. The molecule has 102 valence electrons. The summed E-state index contributed by atoms with van der Waals surface area (Å²) in [7, 11) is 1.48. The van der Waals surface area contributed by atoms with E-state index in [2.05, 4.69) is 10.6 Å². The Morgan fingerprint density at radius 2 is 2.16 bits per heavy atom. The van der Waals surface area contributed by atoms with Crippen LogP contribution in [0.4, 0.5) is 5.69 Å². The highest BCUT2D eigenvalue weighted by Crippen LogP contribution is 2.30. The maximum absolute atomic E-state index is 11.6. The van der Waals surface area contributed by atoms with Crippen molar-refractivity contribution in [2.45, 2.75) is 19.4 Å². The van der Waals surface area contributed by atoms with E-state index < -0.39 is 0 Å². The molecule has 0 spiro atoms. The highest BCUT2D eigenvalue weighted by Gasteiger charge is 2.29. The van der Waals surface area contributed by atoms with E-state index in [4.69, 9.17) is 4.74 Å². The minimum atomic E-state index is -0.157. The number of nitrogens with one attached hydrogen (secondary N) is 2. The van der Waals surface area contributed by atoms with Crippen molar-refractivity contribution in [1.82, 2.24) is 5.32 Å². The van der Waals surface area contributed by atoms with Crippen molar-refractivity contribution >= 4 is 17.5 Å². The summed E-state index contributed by atoms with van der Waals surface area (Å²) >= 11 is 0. The monoisotopic (exact) mass is 262 g/mol. The van der Waals surface area contributed by atoms with E-state index in [1.54, 1.807) is 0 Å². The van der Waals surface area contributed by atoms with Gasteiger partial charge < -0.3 is 15.4 Å². The van der Waals surface area contributed by atoms with Crippen molar-refractivity contribution in [3.05, 3.63) is 29.8 Å². The van der Waals surface area contributed by atoms with Crippen LogP contribution >= 0.6 is 0 Å². The van der Waals surface area contributed by atoms with Crippen LogP contribution in [0.3, 0.4) is 0 Å². The first-order valence-corrected chi connectivity index (χ1v) is 6.34. The summed E-state index contributed by atoms with van der Waals surface area (Å²) in [6, 6.07) is 7.48. The number of ether oxygens (including phenoxy) is 1. The molecular weight excluding hydrogens is 244 g/mol. The fourth-order valence-electron chi connectivity index (χ4n) is 1.73. The second kappa shape index (κ2) is 6.33. The molecule has 5 heteroatoms. The molecule has 2 rings (SSSR count). The van der Waals surface area contributed by atoms with Gasteiger partial charge in [0.25, 0.3) is 0 Å². The summed E-state index contributed by atoms with van der Waals surface area (Å²) in [5.74, 6) is 0.112. The zero-order valence-electron chi connectivity index (χ0n) is 10.9. The van der Waals surface area contributed by atoms with Crippen molar-refractivity contribution in [2.75, 3.05) is 19.0 Å². The molecule has 2 N–H and O–H groups in total. The minimum absolute atomic E-state index is 0.0537. The number of amides is 2. The Morgan fingerprint density at radius 1 is 1.37 bits per heavy atom. The molecule has 19 heavy (non-hydrogen) atoms. The number of hydrogen-bond donors (Lipinski definition) is 2. The second-order valence-electron chi connectivity index (χ2n) is 4.67. The van der Waals surface area contributed by atoms with Gasteiger partial charge in [-0.25, -0.2) is 0 Å². The first-order chi connectivity index (χ1) is 9.19. The van der Waals surface area contributed by atoms with Crippen LogP contribution in [0, 0.1) is 5.92 Å². The van der Waals surface area contributed by atoms with Crippen molar-refractivity contribution in [1.29, 1.82) is 0 Å². The molecular formula is C14H18N2O3. The van der Waals surface area contributed by atoms with Crippen molar-refractivity contribution < 1.29 is 14.3 Å². The molecule has 0 radical (unpaired) electrons. The number of carbonyl (C=O) groups is 2. The zero-order valence-corrected chi connectivity index (χ0v) is 10.9. The highest BCUT2D eigenvalue weighted by molar-refractivity contribution is 5.94. The quantitative estimate of drug-likeness (QED) is 0.812. The third-order valence-electron chi connectivity index (χ3n) is 2.91. The molecule has 0 unspecified atom stereocenters. The van der Waals surface area contributed by atoms with Crippen molar-refractivity contribution in [3.8, 4) is 0 Å². The number of methoxy groups -OCH3 is 1. The average Bonchev–Trinajstić information content (AvgIpc) is 3.21. The molecule has 0 saturated heterocycles. The van der Waals surface area contributed by atoms with Gasteiger partial charge in [0.15, 0.2) is 0 Å². The van der Waals surface area contributed by atoms with Crippen LogP contribution in [-0.2, 0) is 20.9 Å². The number of benzene rings is 1. The number of carbonyl (C=O) groups excluding carboxylic acids is 2. The molecule has 2 amide bonds. The fourth-order valence-corrected chi connectivity index (χ4v) is 1.73. The lowest BCUT2D eigenvalue weighted by Gasteiger charge is -2.08. The van der Waals surface area contributed by atoms with Crippen LogP contribution in [-0.4, -0.2) is 25.5 Å². The lowest BCUT2D eigenvalue weighted by Crippen LogP contribution is -2.26.